The van der Waals surface area contributed by atoms with E-state index >= 15 is 0 Å². The molecule has 0 aromatic heterocycles. The zero-order chi connectivity index (χ0) is 20.8. The first-order valence-electron chi connectivity index (χ1n) is 9.22. The van der Waals surface area contributed by atoms with E-state index in [1.807, 2.05) is 24.3 Å². The number of hydrogen-bond acceptors (Lipinski definition) is 5. The summed E-state index contributed by atoms with van der Waals surface area (Å²) in [7, 11) is 1.37. The van der Waals surface area contributed by atoms with Gasteiger partial charge in [-0.05, 0) is 35.9 Å². The lowest BCUT2D eigenvalue weighted by Gasteiger charge is -2.36. The summed E-state index contributed by atoms with van der Waals surface area (Å²) in [6, 6.07) is 11.8. The molecule has 6 nitrogen and oxygen atoms in total. The predicted molar refractivity (Wildman–Crippen MR) is 108 cm³/mol. The molecule has 29 heavy (non-hydrogen) atoms. The van der Waals surface area contributed by atoms with E-state index in [4.69, 9.17) is 21.1 Å². The Morgan fingerprint density at radius 3 is 2.52 bits per heavy atom. The fourth-order valence-electron chi connectivity index (χ4n) is 3.16. The first-order chi connectivity index (χ1) is 14.0. The van der Waals surface area contributed by atoms with E-state index in [-0.39, 0.29) is 24.7 Å². The van der Waals surface area contributed by atoms with Crippen molar-refractivity contribution in [3.8, 4) is 5.75 Å². The highest BCUT2D eigenvalue weighted by Crippen LogP contribution is 2.21. The molecule has 1 saturated heterocycles. The standard InChI is InChI=1S/C21H22ClFN2O4/c1-28-19-6-5-15(11-18(19)23)12-21(27)29-14-20(26)25-9-7-24(8-10-25)17-4-2-3-16(22)13-17/h2-6,11,13H,7-10,12,14H2,1H3. The van der Waals surface area contributed by atoms with Crippen LogP contribution in [0.3, 0.4) is 0 Å². The van der Waals surface area contributed by atoms with Gasteiger partial charge in [-0.25, -0.2) is 4.39 Å². The first kappa shape index (κ1) is 20.9. The van der Waals surface area contributed by atoms with E-state index in [2.05, 4.69) is 4.90 Å². The van der Waals surface area contributed by atoms with Gasteiger partial charge >= 0.3 is 5.97 Å². The monoisotopic (exact) mass is 420 g/mol. The molecule has 0 atom stereocenters. The number of esters is 1. The molecule has 0 bridgehead atoms. The number of amides is 1. The zero-order valence-corrected chi connectivity index (χ0v) is 16.8. The number of rotatable bonds is 6. The topological polar surface area (TPSA) is 59.1 Å². The summed E-state index contributed by atoms with van der Waals surface area (Å²) in [4.78, 5) is 28.1. The van der Waals surface area contributed by atoms with Gasteiger partial charge in [-0.1, -0.05) is 23.7 Å². The number of carbonyl (C=O) groups excluding carboxylic acids is 2. The number of nitrogens with zero attached hydrogens (tertiary/aromatic N) is 2. The van der Waals surface area contributed by atoms with Gasteiger partial charge < -0.3 is 19.3 Å². The van der Waals surface area contributed by atoms with Crippen molar-refractivity contribution < 1.29 is 23.5 Å². The molecule has 0 saturated carbocycles. The van der Waals surface area contributed by atoms with Crippen LogP contribution < -0.4 is 9.64 Å². The summed E-state index contributed by atoms with van der Waals surface area (Å²) in [5, 5.41) is 0.671. The maximum absolute atomic E-state index is 13.7. The molecular weight excluding hydrogens is 399 g/mol. The van der Waals surface area contributed by atoms with Gasteiger partial charge in [0.15, 0.2) is 18.2 Å². The molecule has 1 aliphatic heterocycles. The molecule has 3 rings (SSSR count). The molecule has 0 radical (unpaired) electrons. The van der Waals surface area contributed by atoms with Gasteiger partial charge in [0.2, 0.25) is 0 Å². The number of benzene rings is 2. The highest BCUT2D eigenvalue weighted by molar-refractivity contribution is 6.30. The van der Waals surface area contributed by atoms with Gasteiger partial charge in [-0.2, -0.15) is 0 Å². The van der Waals surface area contributed by atoms with E-state index in [9.17, 15) is 14.0 Å². The van der Waals surface area contributed by atoms with E-state index in [0.717, 1.165) is 5.69 Å². The van der Waals surface area contributed by atoms with E-state index < -0.39 is 11.8 Å². The molecule has 1 fully saturated rings. The van der Waals surface area contributed by atoms with E-state index in [1.165, 1.54) is 19.2 Å². The van der Waals surface area contributed by atoms with Crippen LogP contribution in [0.4, 0.5) is 10.1 Å². The van der Waals surface area contributed by atoms with E-state index in [1.54, 1.807) is 11.0 Å². The number of ether oxygens (including phenoxy) is 2. The lowest BCUT2D eigenvalue weighted by molar-refractivity contribution is -0.151. The highest BCUT2D eigenvalue weighted by Gasteiger charge is 2.22. The average molecular weight is 421 g/mol. The lowest BCUT2D eigenvalue weighted by atomic mass is 10.1. The molecule has 2 aromatic carbocycles. The summed E-state index contributed by atoms with van der Waals surface area (Å²) in [5.41, 5.74) is 1.47. The van der Waals surface area contributed by atoms with Gasteiger partial charge in [0.25, 0.3) is 5.91 Å². The van der Waals surface area contributed by atoms with Gasteiger partial charge in [0, 0.05) is 36.9 Å². The second kappa shape index (κ2) is 9.60. The summed E-state index contributed by atoms with van der Waals surface area (Å²) in [5.74, 6) is -1.27. The summed E-state index contributed by atoms with van der Waals surface area (Å²) < 4.78 is 23.6. The third kappa shape index (κ3) is 5.60. The number of hydrogen-bond donors (Lipinski definition) is 0. The van der Waals surface area contributed by atoms with Crippen LogP contribution in [0, 0.1) is 5.82 Å². The first-order valence-corrected chi connectivity index (χ1v) is 9.60. The Bertz CT molecular complexity index is 885. The fourth-order valence-corrected chi connectivity index (χ4v) is 3.34. The van der Waals surface area contributed by atoms with Gasteiger partial charge in [0.1, 0.15) is 0 Å². The van der Waals surface area contributed by atoms with Crippen molar-refractivity contribution >= 4 is 29.2 Å². The molecule has 0 N–H and O–H groups in total. The van der Waals surface area contributed by atoms with Crippen LogP contribution in [-0.4, -0.2) is 56.7 Å². The van der Waals surface area contributed by atoms with Crippen molar-refractivity contribution in [1.29, 1.82) is 0 Å². The zero-order valence-electron chi connectivity index (χ0n) is 16.1. The predicted octanol–water partition coefficient (Wildman–Crippen LogP) is 2.92. The largest absolute Gasteiger partial charge is 0.494 e. The quantitative estimate of drug-likeness (QED) is 0.672. The Morgan fingerprint density at radius 2 is 1.86 bits per heavy atom. The fraction of sp³-hybridized carbons (Fsp3) is 0.333. The van der Waals surface area contributed by atoms with Crippen LogP contribution in [-0.2, 0) is 20.7 Å². The summed E-state index contributed by atoms with van der Waals surface area (Å²) in [6.07, 6.45) is -0.114. The van der Waals surface area contributed by atoms with Crippen LogP contribution >= 0.6 is 11.6 Å². The summed E-state index contributed by atoms with van der Waals surface area (Å²) in [6.45, 7) is 2.09. The maximum Gasteiger partial charge on any atom is 0.310 e. The number of methoxy groups -OCH3 is 1. The van der Waals surface area contributed by atoms with Crippen molar-refractivity contribution in [1.82, 2.24) is 4.90 Å². The molecule has 154 valence electrons. The highest BCUT2D eigenvalue weighted by atomic mass is 35.5. The minimum atomic E-state index is -0.583. The van der Waals surface area contributed by atoms with Crippen LogP contribution in [0.5, 0.6) is 5.75 Å². The Morgan fingerprint density at radius 1 is 1.10 bits per heavy atom. The van der Waals surface area contributed by atoms with Gasteiger partial charge in [0.05, 0.1) is 13.5 Å². The normalized spacial score (nSPS) is 13.9. The molecule has 1 heterocycles. The minimum Gasteiger partial charge on any atom is -0.494 e. The van der Waals surface area contributed by atoms with Crippen molar-refractivity contribution in [3.63, 3.8) is 0 Å². The second-order valence-electron chi connectivity index (χ2n) is 6.65. The van der Waals surface area contributed by atoms with Crippen LogP contribution in [0.15, 0.2) is 42.5 Å². The SMILES string of the molecule is COc1ccc(CC(=O)OCC(=O)N2CCN(c3cccc(Cl)c3)CC2)cc1F. The van der Waals surface area contributed by atoms with E-state index in [0.29, 0.717) is 36.8 Å². The molecule has 2 aromatic rings. The lowest BCUT2D eigenvalue weighted by Crippen LogP contribution is -2.50. The summed E-state index contributed by atoms with van der Waals surface area (Å²) >= 11 is 6.03. The van der Waals surface area contributed by atoms with Crippen molar-refractivity contribution in [3.05, 3.63) is 58.9 Å². The Hall–Kier alpha value is -2.80. The van der Waals surface area contributed by atoms with Crippen molar-refractivity contribution in [2.24, 2.45) is 0 Å². The van der Waals surface area contributed by atoms with Crippen molar-refractivity contribution in [2.45, 2.75) is 6.42 Å². The molecule has 0 unspecified atom stereocenters. The Labute approximate surface area is 173 Å². The molecule has 0 aliphatic carbocycles. The number of piperazine rings is 1. The molecule has 1 amide bonds. The number of halogens is 2. The molecule has 8 heteroatoms. The van der Waals surface area contributed by atoms with Crippen molar-refractivity contribution in [2.75, 3.05) is 44.8 Å². The number of anilines is 1. The third-order valence-corrected chi connectivity index (χ3v) is 4.96. The Kier molecular flexibility index (Phi) is 6.93. The van der Waals surface area contributed by atoms with Gasteiger partial charge in [-0.3, -0.25) is 9.59 Å². The molecule has 0 spiro atoms. The van der Waals surface area contributed by atoms with Crippen LogP contribution in [0.25, 0.3) is 0 Å². The smallest absolute Gasteiger partial charge is 0.310 e. The third-order valence-electron chi connectivity index (χ3n) is 4.73. The van der Waals surface area contributed by atoms with Crippen LogP contribution in [0.2, 0.25) is 5.02 Å². The minimum absolute atomic E-state index is 0.106. The Balaban J connectivity index is 1.44. The maximum atomic E-state index is 13.7. The molecule has 1 aliphatic rings. The van der Waals surface area contributed by atoms with Gasteiger partial charge in [-0.15, -0.1) is 0 Å². The second-order valence-corrected chi connectivity index (χ2v) is 7.09. The average Bonchev–Trinajstić information content (AvgIpc) is 2.72. The molecular formula is C21H22ClFN2O4. The number of carbonyl (C=O) groups is 2. The van der Waals surface area contributed by atoms with Crippen LogP contribution in [0.1, 0.15) is 5.56 Å².